The number of pyridine rings is 1. The number of aliphatic hydroxyl groups is 2. The van der Waals surface area contributed by atoms with Crippen molar-refractivity contribution in [3.63, 3.8) is 0 Å². The molecule has 0 amide bonds. The molecule has 0 aliphatic carbocycles. The second kappa shape index (κ2) is 5.67. The van der Waals surface area contributed by atoms with Crippen LogP contribution in [0.15, 0.2) is 18.3 Å². The molecule has 5 heteroatoms. The van der Waals surface area contributed by atoms with Gasteiger partial charge >= 0.3 is 0 Å². The molecule has 5 nitrogen and oxygen atoms in total. The van der Waals surface area contributed by atoms with Gasteiger partial charge in [0, 0.05) is 25.0 Å². The van der Waals surface area contributed by atoms with E-state index in [9.17, 15) is 10.2 Å². The third-order valence-corrected chi connectivity index (χ3v) is 2.71. The molecule has 0 bridgehead atoms. The molecule has 0 radical (unpaired) electrons. The molecule has 0 unspecified atom stereocenters. The van der Waals surface area contributed by atoms with Crippen LogP contribution in [0.5, 0.6) is 0 Å². The summed E-state index contributed by atoms with van der Waals surface area (Å²) in [5.41, 5.74) is 0.149. The van der Waals surface area contributed by atoms with Gasteiger partial charge in [0.1, 0.15) is 5.82 Å². The summed E-state index contributed by atoms with van der Waals surface area (Å²) < 4.78 is 0. The zero-order valence-corrected chi connectivity index (χ0v) is 9.70. The maximum Gasteiger partial charge on any atom is 0.127 e. The average Bonchev–Trinajstić information content (AvgIpc) is 2.36. The van der Waals surface area contributed by atoms with Crippen LogP contribution < -0.4 is 10.6 Å². The van der Waals surface area contributed by atoms with Crippen molar-refractivity contribution in [2.75, 3.05) is 30.9 Å². The minimum atomic E-state index is -0.674. The van der Waals surface area contributed by atoms with Crippen LogP contribution in [0.3, 0.4) is 0 Å². The van der Waals surface area contributed by atoms with Crippen molar-refractivity contribution < 1.29 is 10.2 Å². The Morgan fingerprint density at radius 1 is 1.38 bits per heavy atom. The monoisotopic (exact) mass is 225 g/mol. The number of nitrogens with zero attached hydrogens (tertiary/aromatic N) is 1. The van der Waals surface area contributed by atoms with E-state index in [0.29, 0.717) is 6.42 Å². The Kier molecular flexibility index (Phi) is 4.52. The van der Waals surface area contributed by atoms with Gasteiger partial charge in [-0.1, -0.05) is 6.92 Å². The smallest absolute Gasteiger partial charge is 0.127 e. The third-order valence-electron chi connectivity index (χ3n) is 2.71. The second-order valence-electron chi connectivity index (χ2n) is 3.75. The molecule has 1 heterocycles. The number of rotatable bonds is 6. The van der Waals surface area contributed by atoms with Gasteiger partial charge in [0.15, 0.2) is 0 Å². The number of anilines is 2. The van der Waals surface area contributed by atoms with Gasteiger partial charge in [-0.05, 0) is 12.5 Å². The zero-order chi connectivity index (χ0) is 12.0. The van der Waals surface area contributed by atoms with Crippen molar-refractivity contribution in [1.82, 2.24) is 4.98 Å². The Labute approximate surface area is 95.5 Å². The maximum atomic E-state index is 9.31. The fourth-order valence-electron chi connectivity index (χ4n) is 1.39. The summed E-state index contributed by atoms with van der Waals surface area (Å²) in [7, 11) is 1.79. The Balaban J connectivity index is 2.84. The number of hydrogen-bond acceptors (Lipinski definition) is 5. The fourth-order valence-corrected chi connectivity index (χ4v) is 1.39. The van der Waals surface area contributed by atoms with Crippen molar-refractivity contribution >= 4 is 11.5 Å². The number of aliphatic hydroxyl groups excluding tert-OH is 2. The maximum absolute atomic E-state index is 9.31. The third kappa shape index (κ3) is 2.84. The zero-order valence-electron chi connectivity index (χ0n) is 9.70. The summed E-state index contributed by atoms with van der Waals surface area (Å²) in [4.78, 5) is 4.09. The van der Waals surface area contributed by atoms with Crippen LogP contribution in [-0.2, 0) is 0 Å². The molecule has 1 aromatic rings. The lowest BCUT2D eigenvalue weighted by molar-refractivity contribution is 0.132. The van der Waals surface area contributed by atoms with Gasteiger partial charge in [-0.3, -0.25) is 0 Å². The first-order chi connectivity index (χ1) is 7.69. The van der Waals surface area contributed by atoms with Crippen LogP contribution >= 0.6 is 0 Å². The van der Waals surface area contributed by atoms with Gasteiger partial charge in [-0.2, -0.15) is 0 Å². The highest BCUT2D eigenvalue weighted by molar-refractivity contribution is 5.53. The minimum absolute atomic E-state index is 0.114. The lowest BCUT2D eigenvalue weighted by Crippen LogP contribution is -2.45. The Hall–Kier alpha value is -1.33. The van der Waals surface area contributed by atoms with E-state index in [1.165, 1.54) is 0 Å². The van der Waals surface area contributed by atoms with Gasteiger partial charge in [-0.25, -0.2) is 4.98 Å². The molecular formula is C11H19N3O2. The standard InChI is InChI=1S/C11H19N3O2/c1-3-11(7-15,8-16)14-9-4-5-13-10(6-9)12-2/h4-6,15-16H,3,7-8H2,1-2H3,(H2,12,13,14). The molecule has 1 rings (SSSR count). The summed E-state index contributed by atoms with van der Waals surface area (Å²) in [6, 6.07) is 3.63. The molecule has 16 heavy (non-hydrogen) atoms. The van der Waals surface area contributed by atoms with E-state index in [0.717, 1.165) is 11.5 Å². The van der Waals surface area contributed by atoms with Crippen LogP contribution in [0.2, 0.25) is 0 Å². The summed E-state index contributed by atoms with van der Waals surface area (Å²) >= 11 is 0. The first-order valence-corrected chi connectivity index (χ1v) is 5.33. The highest BCUT2D eigenvalue weighted by Crippen LogP contribution is 2.19. The van der Waals surface area contributed by atoms with E-state index < -0.39 is 5.54 Å². The Bertz CT molecular complexity index is 318. The molecule has 0 fully saturated rings. The van der Waals surface area contributed by atoms with Crippen LogP contribution in [-0.4, -0.2) is 41.0 Å². The quantitative estimate of drug-likeness (QED) is 0.572. The van der Waals surface area contributed by atoms with Crippen LogP contribution in [0.1, 0.15) is 13.3 Å². The lowest BCUT2D eigenvalue weighted by Gasteiger charge is -2.30. The lowest BCUT2D eigenvalue weighted by atomic mass is 9.98. The molecule has 0 aliphatic heterocycles. The molecule has 0 spiro atoms. The van der Waals surface area contributed by atoms with Gasteiger partial charge in [0.2, 0.25) is 0 Å². The molecule has 90 valence electrons. The van der Waals surface area contributed by atoms with E-state index in [2.05, 4.69) is 15.6 Å². The van der Waals surface area contributed by atoms with Gasteiger partial charge in [0.25, 0.3) is 0 Å². The first-order valence-electron chi connectivity index (χ1n) is 5.33. The van der Waals surface area contributed by atoms with Gasteiger partial charge in [-0.15, -0.1) is 0 Å². The highest BCUT2D eigenvalue weighted by atomic mass is 16.3. The summed E-state index contributed by atoms with van der Waals surface area (Å²) in [6.07, 6.45) is 2.31. The largest absolute Gasteiger partial charge is 0.394 e. The normalized spacial score (nSPS) is 11.2. The predicted molar refractivity (Wildman–Crippen MR) is 64.6 cm³/mol. The van der Waals surface area contributed by atoms with Crippen LogP contribution in [0.25, 0.3) is 0 Å². The molecule has 4 N–H and O–H groups in total. The summed E-state index contributed by atoms with van der Waals surface area (Å²) in [6.45, 7) is 1.69. The Morgan fingerprint density at radius 3 is 2.56 bits per heavy atom. The van der Waals surface area contributed by atoms with E-state index in [1.807, 2.05) is 13.0 Å². The van der Waals surface area contributed by atoms with E-state index in [-0.39, 0.29) is 13.2 Å². The van der Waals surface area contributed by atoms with E-state index in [1.54, 1.807) is 19.3 Å². The van der Waals surface area contributed by atoms with E-state index in [4.69, 9.17) is 0 Å². The van der Waals surface area contributed by atoms with Crippen molar-refractivity contribution in [2.24, 2.45) is 0 Å². The molecule has 0 atom stereocenters. The molecule has 1 aromatic heterocycles. The summed E-state index contributed by atoms with van der Waals surface area (Å²) in [5, 5.41) is 24.7. The topological polar surface area (TPSA) is 77.4 Å². The van der Waals surface area contributed by atoms with Crippen molar-refractivity contribution in [1.29, 1.82) is 0 Å². The SMILES string of the molecule is CCC(CO)(CO)Nc1ccnc(NC)c1. The predicted octanol–water partition coefficient (Wildman–Crippen LogP) is 0.669. The molecular weight excluding hydrogens is 206 g/mol. The second-order valence-corrected chi connectivity index (χ2v) is 3.75. The number of aromatic nitrogens is 1. The van der Waals surface area contributed by atoms with Crippen LogP contribution in [0, 0.1) is 0 Å². The molecule has 0 aromatic carbocycles. The van der Waals surface area contributed by atoms with Crippen molar-refractivity contribution in [2.45, 2.75) is 18.9 Å². The summed E-state index contributed by atoms with van der Waals surface area (Å²) in [5.74, 6) is 0.742. The van der Waals surface area contributed by atoms with Gasteiger partial charge in [0.05, 0.1) is 18.8 Å². The number of nitrogens with one attached hydrogen (secondary N) is 2. The minimum Gasteiger partial charge on any atom is -0.394 e. The van der Waals surface area contributed by atoms with E-state index >= 15 is 0 Å². The number of hydrogen-bond donors (Lipinski definition) is 4. The molecule has 0 saturated carbocycles. The van der Waals surface area contributed by atoms with Crippen molar-refractivity contribution in [3.05, 3.63) is 18.3 Å². The van der Waals surface area contributed by atoms with Gasteiger partial charge < -0.3 is 20.8 Å². The molecule has 0 aliphatic rings. The average molecular weight is 225 g/mol. The highest BCUT2D eigenvalue weighted by Gasteiger charge is 2.26. The fraction of sp³-hybridized carbons (Fsp3) is 0.545. The molecule has 0 saturated heterocycles. The van der Waals surface area contributed by atoms with Crippen molar-refractivity contribution in [3.8, 4) is 0 Å². The van der Waals surface area contributed by atoms with Crippen LogP contribution in [0.4, 0.5) is 11.5 Å². The first kappa shape index (κ1) is 12.7. The Morgan fingerprint density at radius 2 is 2.06 bits per heavy atom.